The van der Waals surface area contributed by atoms with E-state index in [2.05, 4.69) is 22.9 Å². The average Bonchev–Trinajstić information content (AvgIpc) is 2.01. The summed E-state index contributed by atoms with van der Waals surface area (Å²) in [5.41, 5.74) is 1.65. The lowest BCUT2D eigenvalue weighted by Gasteiger charge is -2.04. The smallest absolute Gasteiger partial charge is 0.140 e. The van der Waals surface area contributed by atoms with Crippen LogP contribution in [0.4, 0.5) is 4.39 Å². The maximum atomic E-state index is 13.1. The predicted octanol–water partition coefficient (Wildman–Crippen LogP) is 3.27. The van der Waals surface area contributed by atoms with E-state index in [0.29, 0.717) is 16.5 Å². The Labute approximate surface area is 74.6 Å². The minimum atomic E-state index is -0.175. The molecule has 0 bridgehead atoms. The Kier molecular flexibility index (Phi) is 2.66. The first kappa shape index (κ1) is 8.72. The van der Waals surface area contributed by atoms with Crippen LogP contribution < -0.4 is 0 Å². The van der Waals surface area contributed by atoms with E-state index in [1.165, 1.54) is 0 Å². The molecule has 0 amide bonds. The Morgan fingerprint density at radius 3 is 2.73 bits per heavy atom. The van der Waals surface area contributed by atoms with Crippen molar-refractivity contribution >= 4 is 15.9 Å². The van der Waals surface area contributed by atoms with Crippen LogP contribution in [0.5, 0.6) is 0 Å². The second-order valence-electron chi connectivity index (χ2n) is 2.40. The van der Waals surface area contributed by atoms with Crippen LogP contribution in [-0.4, -0.2) is 0 Å². The van der Waals surface area contributed by atoms with Crippen molar-refractivity contribution in [2.75, 3.05) is 0 Å². The zero-order valence-corrected chi connectivity index (χ0v) is 7.91. The Bertz CT molecular complexity index is 269. The lowest BCUT2D eigenvalue weighted by molar-refractivity contribution is 0.609. The van der Waals surface area contributed by atoms with E-state index in [1.54, 1.807) is 13.0 Å². The summed E-state index contributed by atoms with van der Waals surface area (Å²) in [5.74, 6) is -0.175. The number of benzene rings is 1. The van der Waals surface area contributed by atoms with Gasteiger partial charge in [0.05, 0.1) is 4.47 Å². The molecule has 0 saturated carbocycles. The molecule has 0 unspecified atom stereocenters. The van der Waals surface area contributed by atoms with Gasteiger partial charge in [-0.05, 0) is 53.4 Å². The third kappa shape index (κ3) is 1.62. The van der Waals surface area contributed by atoms with Crippen LogP contribution >= 0.6 is 15.9 Å². The molecule has 0 N–H and O–H groups in total. The highest BCUT2D eigenvalue weighted by Crippen LogP contribution is 2.21. The predicted molar refractivity (Wildman–Crippen MR) is 47.9 cm³/mol. The third-order valence-corrected chi connectivity index (χ3v) is 2.33. The molecule has 1 aromatic carbocycles. The molecule has 0 aliphatic rings. The van der Waals surface area contributed by atoms with Gasteiger partial charge in [0.1, 0.15) is 5.82 Å². The molecule has 0 heterocycles. The Morgan fingerprint density at radius 2 is 2.18 bits per heavy atom. The van der Waals surface area contributed by atoms with Gasteiger partial charge in [-0.2, -0.15) is 0 Å². The van der Waals surface area contributed by atoms with Crippen LogP contribution in [0.1, 0.15) is 11.1 Å². The van der Waals surface area contributed by atoms with Gasteiger partial charge >= 0.3 is 0 Å². The quantitative estimate of drug-likeness (QED) is 0.675. The summed E-state index contributed by atoms with van der Waals surface area (Å²) in [5, 5.41) is 0. The maximum Gasteiger partial charge on any atom is 0.140 e. The van der Waals surface area contributed by atoms with Gasteiger partial charge in [-0.3, -0.25) is 0 Å². The second kappa shape index (κ2) is 3.35. The fraction of sp³-hybridized carbons (Fsp3) is 0.222. The number of rotatable bonds is 1. The molecule has 1 rings (SSSR count). The van der Waals surface area contributed by atoms with Crippen molar-refractivity contribution in [3.05, 3.63) is 40.5 Å². The fourth-order valence-corrected chi connectivity index (χ4v) is 1.39. The molecule has 0 atom stereocenters. The molecule has 0 nitrogen and oxygen atoms in total. The zero-order chi connectivity index (χ0) is 8.43. The molecule has 0 fully saturated rings. The molecule has 1 radical (unpaired) electrons. The van der Waals surface area contributed by atoms with Gasteiger partial charge in [0.2, 0.25) is 0 Å². The Hall–Kier alpha value is -0.370. The van der Waals surface area contributed by atoms with Crippen LogP contribution in [0, 0.1) is 19.7 Å². The highest BCUT2D eigenvalue weighted by Gasteiger charge is 2.05. The van der Waals surface area contributed by atoms with Crippen LogP contribution in [0.25, 0.3) is 0 Å². The molecule has 0 spiro atoms. The van der Waals surface area contributed by atoms with E-state index >= 15 is 0 Å². The zero-order valence-electron chi connectivity index (χ0n) is 6.32. The van der Waals surface area contributed by atoms with Crippen LogP contribution in [-0.2, 0) is 6.42 Å². The molecular formula is C9H9BrF. The van der Waals surface area contributed by atoms with Gasteiger partial charge in [-0.25, -0.2) is 4.39 Å². The molecule has 0 saturated heterocycles. The second-order valence-corrected chi connectivity index (χ2v) is 3.25. The summed E-state index contributed by atoms with van der Waals surface area (Å²) < 4.78 is 13.6. The van der Waals surface area contributed by atoms with E-state index in [9.17, 15) is 4.39 Å². The standard InChI is InChI=1S/C9H9BrF/c1-3-7-4-5-8(10)9(11)6(7)2/h4-5H,1,3H2,2H3. The summed E-state index contributed by atoms with van der Waals surface area (Å²) in [6.07, 6.45) is 0.635. The summed E-state index contributed by atoms with van der Waals surface area (Å²) in [6, 6.07) is 3.60. The normalized spacial score (nSPS) is 10.2. The van der Waals surface area contributed by atoms with Gasteiger partial charge in [0, 0.05) is 0 Å². The highest BCUT2D eigenvalue weighted by molar-refractivity contribution is 9.10. The molecule has 0 aliphatic heterocycles. The van der Waals surface area contributed by atoms with E-state index in [-0.39, 0.29) is 5.82 Å². The summed E-state index contributed by atoms with van der Waals surface area (Å²) in [6.45, 7) is 5.47. The average molecular weight is 216 g/mol. The van der Waals surface area contributed by atoms with Crippen LogP contribution in [0.2, 0.25) is 0 Å². The first-order chi connectivity index (χ1) is 5.16. The number of halogens is 2. The highest BCUT2D eigenvalue weighted by atomic mass is 79.9. The molecule has 59 valence electrons. The Balaban J connectivity index is 3.25. The van der Waals surface area contributed by atoms with Crippen molar-refractivity contribution in [3.8, 4) is 0 Å². The van der Waals surface area contributed by atoms with Crippen LogP contribution in [0.3, 0.4) is 0 Å². The van der Waals surface area contributed by atoms with E-state index in [1.807, 2.05) is 6.07 Å². The van der Waals surface area contributed by atoms with E-state index < -0.39 is 0 Å². The minimum absolute atomic E-state index is 0.175. The van der Waals surface area contributed by atoms with Crippen molar-refractivity contribution in [2.45, 2.75) is 13.3 Å². The lowest BCUT2D eigenvalue weighted by Crippen LogP contribution is -1.91. The molecule has 0 aromatic heterocycles. The molecule has 11 heavy (non-hydrogen) atoms. The van der Waals surface area contributed by atoms with Crippen molar-refractivity contribution in [1.29, 1.82) is 0 Å². The topological polar surface area (TPSA) is 0 Å². The van der Waals surface area contributed by atoms with Gasteiger partial charge in [0.15, 0.2) is 0 Å². The van der Waals surface area contributed by atoms with Crippen molar-refractivity contribution in [3.63, 3.8) is 0 Å². The van der Waals surface area contributed by atoms with Crippen molar-refractivity contribution < 1.29 is 4.39 Å². The number of hydrogen-bond donors (Lipinski definition) is 0. The first-order valence-corrected chi connectivity index (χ1v) is 4.19. The first-order valence-electron chi connectivity index (χ1n) is 3.39. The Morgan fingerprint density at radius 1 is 1.55 bits per heavy atom. The molecule has 0 aliphatic carbocycles. The summed E-state index contributed by atoms with van der Waals surface area (Å²) >= 11 is 3.11. The third-order valence-electron chi connectivity index (χ3n) is 1.72. The van der Waals surface area contributed by atoms with E-state index in [4.69, 9.17) is 0 Å². The molecule has 1 aromatic rings. The number of hydrogen-bond acceptors (Lipinski definition) is 0. The summed E-state index contributed by atoms with van der Waals surface area (Å²) in [7, 11) is 0. The SMILES string of the molecule is [CH2]Cc1ccc(Br)c(F)c1C. The van der Waals surface area contributed by atoms with Crippen LogP contribution in [0.15, 0.2) is 16.6 Å². The largest absolute Gasteiger partial charge is 0.205 e. The monoisotopic (exact) mass is 215 g/mol. The fourth-order valence-electron chi connectivity index (χ4n) is 0.963. The van der Waals surface area contributed by atoms with Gasteiger partial charge in [0.25, 0.3) is 0 Å². The van der Waals surface area contributed by atoms with E-state index in [0.717, 1.165) is 5.56 Å². The summed E-state index contributed by atoms with van der Waals surface area (Å²) in [4.78, 5) is 0. The van der Waals surface area contributed by atoms with Gasteiger partial charge in [-0.15, -0.1) is 0 Å². The van der Waals surface area contributed by atoms with Crippen molar-refractivity contribution in [1.82, 2.24) is 0 Å². The van der Waals surface area contributed by atoms with Crippen molar-refractivity contribution in [2.24, 2.45) is 0 Å². The van der Waals surface area contributed by atoms with Gasteiger partial charge in [-0.1, -0.05) is 6.07 Å². The minimum Gasteiger partial charge on any atom is -0.205 e. The molecule has 2 heteroatoms. The maximum absolute atomic E-state index is 13.1. The lowest BCUT2D eigenvalue weighted by atomic mass is 10.1. The molecular weight excluding hydrogens is 207 g/mol. The van der Waals surface area contributed by atoms with Gasteiger partial charge < -0.3 is 0 Å².